The number of ether oxygens (including phenoxy) is 2. The zero-order valence-corrected chi connectivity index (χ0v) is 16.2. The van der Waals surface area contributed by atoms with Crippen molar-refractivity contribution in [2.45, 2.75) is 58.2 Å². The van der Waals surface area contributed by atoms with E-state index in [1.165, 1.54) is 0 Å². The van der Waals surface area contributed by atoms with E-state index in [2.05, 4.69) is 24.4 Å². The Morgan fingerprint density at radius 2 is 1.62 bits per heavy atom. The molecule has 2 heterocycles. The fourth-order valence-corrected chi connectivity index (χ4v) is 3.61. The zero-order chi connectivity index (χ0) is 18.8. The topological polar surface area (TPSA) is 59.9 Å². The van der Waals surface area contributed by atoms with E-state index >= 15 is 0 Å². The number of hydrogen-bond donors (Lipinski definition) is 1. The number of nitrogens with one attached hydrogen (secondary N) is 1. The number of ketones is 1. The van der Waals surface area contributed by atoms with Gasteiger partial charge in [0.05, 0.1) is 30.1 Å². The smallest absolute Gasteiger partial charge is 0.141 e. The molecule has 0 aliphatic carbocycles. The number of Topliss-reactive ketones (excluding diaryl/α,β-unsaturated/α-hetero) is 1. The van der Waals surface area contributed by atoms with Crippen LogP contribution in [-0.4, -0.2) is 35.9 Å². The minimum Gasteiger partial charge on any atom is -0.374 e. The van der Waals surface area contributed by atoms with Crippen molar-refractivity contribution in [3.05, 3.63) is 30.3 Å². The number of rotatable bonds is 4. The molecule has 2 aliphatic heterocycles. The first-order valence-electron chi connectivity index (χ1n) is 9.42. The van der Waals surface area contributed by atoms with Crippen molar-refractivity contribution in [2.75, 3.05) is 18.6 Å². The van der Waals surface area contributed by atoms with Crippen LogP contribution in [0.5, 0.6) is 0 Å². The molecule has 0 bridgehead atoms. The van der Waals surface area contributed by atoms with Crippen LogP contribution < -0.4 is 5.43 Å². The second-order valence-electron chi connectivity index (χ2n) is 8.67. The molecule has 0 aromatic heterocycles. The lowest BCUT2D eigenvalue weighted by molar-refractivity contribution is -0.146. The van der Waals surface area contributed by atoms with Gasteiger partial charge in [0, 0.05) is 30.4 Å². The molecule has 2 fully saturated rings. The normalized spacial score (nSPS) is 29.5. The Morgan fingerprint density at radius 1 is 1.00 bits per heavy atom. The average molecular weight is 358 g/mol. The molecule has 3 rings (SSSR count). The first-order valence-corrected chi connectivity index (χ1v) is 9.42. The molecule has 5 nitrogen and oxygen atoms in total. The van der Waals surface area contributed by atoms with Gasteiger partial charge in [-0.25, -0.2) is 0 Å². The van der Waals surface area contributed by atoms with Crippen LogP contribution in [0.4, 0.5) is 5.69 Å². The highest BCUT2D eigenvalue weighted by molar-refractivity contribution is 5.90. The van der Waals surface area contributed by atoms with Crippen molar-refractivity contribution in [1.82, 2.24) is 0 Å². The van der Waals surface area contributed by atoms with Crippen molar-refractivity contribution < 1.29 is 14.3 Å². The quantitative estimate of drug-likeness (QED) is 0.825. The zero-order valence-electron chi connectivity index (χ0n) is 16.2. The lowest BCUT2D eigenvalue weighted by atomic mass is 9.80. The van der Waals surface area contributed by atoms with Crippen molar-refractivity contribution in [1.29, 1.82) is 0 Å². The van der Waals surface area contributed by atoms with Crippen LogP contribution in [0.3, 0.4) is 0 Å². The number of benzene rings is 1. The molecular formula is C21H30N2O3. The number of anilines is 1. The van der Waals surface area contributed by atoms with E-state index in [4.69, 9.17) is 9.47 Å². The van der Waals surface area contributed by atoms with Gasteiger partial charge in [-0.2, -0.15) is 5.10 Å². The number of hydrazone groups is 1. The molecule has 0 saturated carbocycles. The SMILES string of the molecule is CC1(C)CC(=O)[C@@H](C[C@@H]2COC(C)(C)CC2=NNc2ccccc2)CO1. The van der Waals surface area contributed by atoms with Gasteiger partial charge in [-0.3, -0.25) is 10.2 Å². The van der Waals surface area contributed by atoms with Gasteiger partial charge in [-0.05, 0) is 46.2 Å². The van der Waals surface area contributed by atoms with Crippen LogP contribution in [0, 0.1) is 11.8 Å². The first-order chi connectivity index (χ1) is 12.2. The summed E-state index contributed by atoms with van der Waals surface area (Å²) < 4.78 is 11.9. The fraction of sp³-hybridized carbons (Fsp3) is 0.619. The van der Waals surface area contributed by atoms with Crippen molar-refractivity contribution in [2.24, 2.45) is 16.9 Å². The molecule has 5 heteroatoms. The Labute approximate surface area is 156 Å². The fourth-order valence-electron chi connectivity index (χ4n) is 3.61. The van der Waals surface area contributed by atoms with Crippen LogP contribution in [0.15, 0.2) is 35.4 Å². The van der Waals surface area contributed by atoms with Crippen LogP contribution in [-0.2, 0) is 14.3 Å². The Morgan fingerprint density at radius 3 is 2.27 bits per heavy atom. The molecular weight excluding hydrogens is 328 g/mol. The molecule has 26 heavy (non-hydrogen) atoms. The minimum absolute atomic E-state index is 0.0697. The number of carbonyl (C=O) groups excluding carboxylic acids is 1. The lowest BCUT2D eigenvalue weighted by Gasteiger charge is -2.39. The molecule has 2 saturated heterocycles. The monoisotopic (exact) mass is 358 g/mol. The molecule has 0 spiro atoms. The summed E-state index contributed by atoms with van der Waals surface area (Å²) in [4.78, 5) is 12.5. The number of para-hydroxylation sites is 1. The molecule has 1 aromatic rings. The third kappa shape index (κ3) is 4.92. The van der Waals surface area contributed by atoms with Gasteiger partial charge >= 0.3 is 0 Å². The highest BCUT2D eigenvalue weighted by Gasteiger charge is 2.39. The summed E-state index contributed by atoms with van der Waals surface area (Å²) in [6.07, 6.45) is 1.97. The standard InChI is InChI=1S/C21H30N2O3/c1-20(2)11-18(23-22-17-8-6-5-7-9-17)15(13-25-20)10-16-14-26-21(3,4)12-19(16)24/h5-9,15-16,22H,10-14H2,1-4H3/t15-,16+/m1/s1. The van der Waals surface area contributed by atoms with Crippen LogP contribution in [0.1, 0.15) is 47.0 Å². The average Bonchev–Trinajstić information content (AvgIpc) is 2.57. The Hall–Kier alpha value is -1.72. The third-order valence-electron chi connectivity index (χ3n) is 5.16. The van der Waals surface area contributed by atoms with Crippen molar-refractivity contribution in [3.8, 4) is 0 Å². The van der Waals surface area contributed by atoms with E-state index in [-0.39, 0.29) is 23.0 Å². The summed E-state index contributed by atoms with van der Waals surface area (Å²) in [6.45, 7) is 9.20. The molecule has 0 unspecified atom stereocenters. The van der Waals surface area contributed by atoms with E-state index in [1.54, 1.807) is 0 Å². The van der Waals surface area contributed by atoms with Gasteiger partial charge in [-0.15, -0.1) is 0 Å². The predicted octanol–water partition coefficient (Wildman–Crippen LogP) is 4.04. The summed E-state index contributed by atoms with van der Waals surface area (Å²) in [5.41, 5.74) is 4.62. The Kier molecular flexibility index (Phi) is 5.49. The van der Waals surface area contributed by atoms with Gasteiger partial charge in [-0.1, -0.05) is 18.2 Å². The van der Waals surface area contributed by atoms with E-state index in [0.29, 0.717) is 25.4 Å². The maximum absolute atomic E-state index is 12.5. The summed E-state index contributed by atoms with van der Waals surface area (Å²) in [6, 6.07) is 9.92. The summed E-state index contributed by atoms with van der Waals surface area (Å²) in [7, 11) is 0. The minimum atomic E-state index is -0.343. The van der Waals surface area contributed by atoms with Gasteiger partial charge in [0.2, 0.25) is 0 Å². The van der Waals surface area contributed by atoms with Gasteiger partial charge < -0.3 is 9.47 Å². The largest absolute Gasteiger partial charge is 0.374 e. The maximum Gasteiger partial charge on any atom is 0.141 e. The highest BCUT2D eigenvalue weighted by Crippen LogP contribution is 2.33. The molecule has 2 aliphatic rings. The van der Waals surface area contributed by atoms with Gasteiger partial charge in [0.1, 0.15) is 5.78 Å². The van der Waals surface area contributed by atoms with Crippen LogP contribution in [0.2, 0.25) is 0 Å². The molecule has 0 radical (unpaired) electrons. The van der Waals surface area contributed by atoms with Crippen LogP contribution >= 0.6 is 0 Å². The van der Waals surface area contributed by atoms with Gasteiger partial charge in [0.15, 0.2) is 0 Å². The van der Waals surface area contributed by atoms with E-state index < -0.39 is 0 Å². The van der Waals surface area contributed by atoms with E-state index in [0.717, 1.165) is 24.2 Å². The van der Waals surface area contributed by atoms with E-state index in [1.807, 2.05) is 44.2 Å². The van der Waals surface area contributed by atoms with Crippen molar-refractivity contribution in [3.63, 3.8) is 0 Å². The Balaban J connectivity index is 1.70. The number of carbonyl (C=O) groups is 1. The summed E-state index contributed by atoms with van der Waals surface area (Å²) in [5, 5.41) is 4.68. The Bertz CT molecular complexity index is 667. The molecule has 0 amide bonds. The molecule has 142 valence electrons. The van der Waals surface area contributed by atoms with Crippen LogP contribution in [0.25, 0.3) is 0 Å². The molecule has 1 aromatic carbocycles. The van der Waals surface area contributed by atoms with E-state index in [9.17, 15) is 4.79 Å². The summed E-state index contributed by atoms with van der Waals surface area (Å²) in [5.74, 6) is 0.360. The van der Waals surface area contributed by atoms with Gasteiger partial charge in [0.25, 0.3) is 0 Å². The predicted molar refractivity (Wildman–Crippen MR) is 103 cm³/mol. The highest BCUT2D eigenvalue weighted by atomic mass is 16.5. The molecule has 2 atom stereocenters. The van der Waals surface area contributed by atoms with Crippen molar-refractivity contribution >= 4 is 17.2 Å². The lowest BCUT2D eigenvalue weighted by Crippen LogP contribution is -2.45. The second-order valence-corrected chi connectivity index (χ2v) is 8.67. The third-order valence-corrected chi connectivity index (χ3v) is 5.16. The molecule has 1 N–H and O–H groups in total. The second kappa shape index (κ2) is 7.49. The number of nitrogens with zero attached hydrogens (tertiary/aromatic N) is 1. The summed E-state index contributed by atoms with van der Waals surface area (Å²) >= 11 is 0. The first kappa shape index (κ1) is 19.1. The maximum atomic E-state index is 12.5. The number of hydrogen-bond acceptors (Lipinski definition) is 5.